The van der Waals surface area contributed by atoms with Gasteiger partial charge in [0, 0.05) is 21.7 Å². The highest BCUT2D eigenvalue weighted by Gasteiger charge is 2.38. The monoisotopic (exact) mass is 464 g/mol. The third kappa shape index (κ3) is 3.76. The number of thiazole rings is 1. The van der Waals surface area contributed by atoms with Gasteiger partial charge in [-0.3, -0.25) is 9.69 Å². The Morgan fingerprint density at radius 1 is 1.18 bits per heavy atom. The lowest BCUT2D eigenvalue weighted by atomic mass is 10.2. The Morgan fingerprint density at radius 3 is 2.57 bits per heavy atom. The summed E-state index contributed by atoms with van der Waals surface area (Å²) in [4.78, 5) is 18.4. The number of hydrogen-bond donors (Lipinski definition) is 0. The molecule has 1 aliphatic rings. The molecular formula is C17H9Cl2F3N2O2S2. The second kappa shape index (κ2) is 7.29. The van der Waals surface area contributed by atoms with Crippen molar-refractivity contribution in [1.29, 1.82) is 0 Å². The predicted octanol–water partition coefficient (Wildman–Crippen LogP) is 6.28. The molecule has 2 heterocycles. The topological polar surface area (TPSA) is 42.4 Å². The fourth-order valence-corrected chi connectivity index (χ4v) is 5.85. The largest absolute Gasteiger partial charge is 0.573 e. The Hall–Kier alpha value is -1.68. The lowest BCUT2D eigenvalue weighted by Crippen LogP contribution is -2.28. The minimum atomic E-state index is -4.78. The lowest BCUT2D eigenvalue weighted by Gasteiger charge is -2.23. The van der Waals surface area contributed by atoms with Crippen LogP contribution in [0.25, 0.3) is 10.2 Å². The first-order valence-electron chi connectivity index (χ1n) is 7.77. The number of carbonyl (C=O) groups is 1. The number of carbonyl (C=O) groups excluding carboxylic acids is 1. The summed E-state index contributed by atoms with van der Waals surface area (Å²) >= 11 is 15.0. The molecule has 1 amide bonds. The third-order valence-electron chi connectivity index (χ3n) is 3.90. The van der Waals surface area contributed by atoms with Gasteiger partial charge in [0.2, 0.25) is 5.91 Å². The van der Waals surface area contributed by atoms with Crippen LogP contribution in [0.1, 0.15) is 10.9 Å². The SMILES string of the molecule is O=C1CSC(c2c(Cl)cccc2Cl)N1c1nc2ccc(OC(F)(F)F)cc2s1. The Bertz CT molecular complexity index is 1050. The third-order valence-corrected chi connectivity index (χ3v) is 6.76. The van der Waals surface area contributed by atoms with Crippen molar-refractivity contribution in [3.8, 4) is 5.75 Å². The van der Waals surface area contributed by atoms with Crippen molar-refractivity contribution in [2.75, 3.05) is 10.7 Å². The molecule has 2 aromatic carbocycles. The first kappa shape index (κ1) is 19.6. The molecule has 0 spiro atoms. The van der Waals surface area contributed by atoms with E-state index in [0.717, 1.165) is 11.3 Å². The number of ether oxygens (including phenoxy) is 1. The molecule has 0 N–H and O–H groups in total. The minimum Gasteiger partial charge on any atom is -0.406 e. The van der Waals surface area contributed by atoms with E-state index in [1.165, 1.54) is 34.9 Å². The fourth-order valence-electron chi connectivity index (χ4n) is 2.78. The Balaban J connectivity index is 1.74. The van der Waals surface area contributed by atoms with Crippen molar-refractivity contribution in [2.45, 2.75) is 11.7 Å². The molecule has 4 nitrogen and oxygen atoms in total. The molecular weight excluding hydrogens is 456 g/mol. The Labute approximate surface area is 175 Å². The van der Waals surface area contributed by atoms with Crippen LogP contribution < -0.4 is 9.64 Å². The number of thioether (sulfide) groups is 1. The molecule has 1 atom stereocenters. The van der Waals surface area contributed by atoms with Crippen molar-refractivity contribution in [1.82, 2.24) is 4.98 Å². The zero-order chi connectivity index (χ0) is 20.1. The number of halogens is 5. The number of fused-ring (bicyclic) bond motifs is 1. The predicted molar refractivity (Wildman–Crippen MR) is 105 cm³/mol. The van der Waals surface area contributed by atoms with E-state index in [2.05, 4.69) is 9.72 Å². The van der Waals surface area contributed by atoms with Gasteiger partial charge in [-0.15, -0.1) is 24.9 Å². The number of nitrogens with zero attached hydrogens (tertiary/aromatic N) is 2. The van der Waals surface area contributed by atoms with Gasteiger partial charge >= 0.3 is 6.36 Å². The summed E-state index contributed by atoms with van der Waals surface area (Å²) in [5.74, 6) is -0.315. The van der Waals surface area contributed by atoms with E-state index < -0.39 is 11.7 Å². The van der Waals surface area contributed by atoms with Crippen molar-refractivity contribution < 1.29 is 22.7 Å². The van der Waals surface area contributed by atoms with Crippen LogP contribution in [-0.2, 0) is 4.79 Å². The Kier molecular flexibility index (Phi) is 5.11. The first-order valence-corrected chi connectivity index (χ1v) is 10.4. The lowest BCUT2D eigenvalue weighted by molar-refractivity contribution is -0.274. The molecule has 3 aromatic rings. The average molecular weight is 465 g/mol. The number of anilines is 1. The van der Waals surface area contributed by atoms with Crippen LogP contribution in [-0.4, -0.2) is 23.0 Å². The van der Waals surface area contributed by atoms with Crippen molar-refractivity contribution in [3.63, 3.8) is 0 Å². The highest BCUT2D eigenvalue weighted by Crippen LogP contribution is 2.48. The molecule has 1 unspecified atom stereocenters. The van der Waals surface area contributed by atoms with Gasteiger partial charge in [-0.05, 0) is 24.3 Å². The molecule has 0 bridgehead atoms. The summed E-state index contributed by atoms with van der Waals surface area (Å²) in [5, 5.41) is 0.730. The molecule has 1 aliphatic heterocycles. The second-order valence-corrected chi connectivity index (χ2v) is 8.63. The van der Waals surface area contributed by atoms with E-state index in [4.69, 9.17) is 23.2 Å². The number of benzene rings is 2. The molecule has 1 aromatic heterocycles. The van der Waals surface area contributed by atoms with Gasteiger partial charge in [-0.2, -0.15) is 0 Å². The highest BCUT2D eigenvalue weighted by atomic mass is 35.5. The molecule has 146 valence electrons. The summed E-state index contributed by atoms with van der Waals surface area (Å²) < 4.78 is 41.7. The number of amides is 1. The average Bonchev–Trinajstić information content (AvgIpc) is 3.16. The maximum Gasteiger partial charge on any atom is 0.573 e. The number of rotatable bonds is 3. The van der Waals surface area contributed by atoms with E-state index in [1.807, 2.05) is 0 Å². The van der Waals surface area contributed by atoms with Crippen molar-refractivity contribution >= 4 is 67.6 Å². The molecule has 0 aliphatic carbocycles. The first-order chi connectivity index (χ1) is 13.2. The highest BCUT2D eigenvalue weighted by molar-refractivity contribution is 8.00. The number of hydrogen-bond acceptors (Lipinski definition) is 5. The van der Waals surface area contributed by atoms with Gasteiger partial charge < -0.3 is 4.74 Å². The van der Waals surface area contributed by atoms with Crippen LogP contribution in [0.4, 0.5) is 18.3 Å². The standard InChI is InChI=1S/C17H9Cl2F3N2O2S2/c18-9-2-1-3-10(19)14(9)15-24(13(25)7-27-15)16-23-11-5-4-8(6-12(11)28-16)26-17(20,21)22/h1-6,15H,7H2. The van der Waals surface area contributed by atoms with Crippen LogP contribution in [0.15, 0.2) is 36.4 Å². The van der Waals surface area contributed by atoms with Crippen LogP contribution in [0.3, 0.4) is 0 Å². The molecule has 4 rings (SSSR count). The normalized spacial score (nSPS) is 17.5. The molecule has 1 fully saturated rings. The van der Waals surface area contributed by atoms with Gasteiger partial charge in [0.15, 0.2) is 5.13 Å². The molecule has 0 radical (unpaired) electrons. The van der Waals surface area contributed by atoms with E-state index in [-0.39, 0.29) is 17.4 Å². The van der Waals surface area contributed by atoms with Gasteiger partial charge in [-0.1, -0.05) is 40.6 Å². The molecule has 0 saturated carbocycles. The van der Waals surface area contributed by atoms with E-state index in [0.29, 0.717) is 31.0 Å². The van der Waals surface area contributed by atoms with E-state index >= 15 is 0 Å². The zero-order valence-electron chi connectivity index (χ0n) is 13.7. The minimum absolute atomic E-state index is 0.184. The smallest absolute Gasteiger partial charge is 0.406 e. The van der Waals surface area contributed by atoms with Gasteiger partial charge in [0.1, 0.15) is 11.1 Å². The summed E-state index contributed by atoms with van der Waals surface area (Å²) in [6, 6.07) is 8.92. The van der Waals surface area contributed by atoms with Crippen LogP contribution >= 0.6 is 46.3 Å². The molecule has 11 heteroatoms. The second-order valence-electron chi connectivity index (χ2n) is 5.74. The Morgan fingerprint density at radius 2 is 1.89 bits per heavy atom. The summed E-state index contributed by atoms with van der Waals surface area (Å²) in [6.07, 6.45) is -4.78. The molecule has 1 saturated heterocycles. The van der Waals surface area contributed by atoms with Gasteiger partial charge in [-0.25, -0.2) is 4.98 Å². The number of aromatic nitrogens is 1. The maximum atomic E-state index is 12.5. The van der Waals surface area contributed by atoms with Crippen LogP contribution in [0.2, 0.25) is 10.0 Å². The van der Waals surface area contributed by atoms with Crippen molar-refractivity contribution in [2.24, 2.45) is 0 Å². The van der Waals surface area contributed by atoms with E-state index in [1.54, 1.807) is 18.2 Å². The quantitative estimate of drug-likeness (QED) is 0.457. The van der Waals surface area contributed by atoms with Crippen molar-refractivity contribution in [3.05, 3.63) is 52.0 Å². The van der Waals surface area contributed by atoms with Gasteiger partial charge in [0.05, 0.1) is 16.0 Å². The zero-order valence-corrected chi connectivity index (χ0v) is 16.8. The van der Waals surface area contributed by atoms with Gasteiger partial charge in [0.25, 0.3) is 0 Å². The van der Waals surface area contributed by atoms with Crippen LogP contribution in [0, 0.1) is 0 Å². The molecule has 28 heavy (non-hydrogen) atoms. The summed E-state index contributed by atoms with van der Waals surface area (Å²) in [7, 11) is 0. The summed E-state index contributed by atoms with van der Waals surface area (Å²) in [5.41, 5.74) is 1.06. The maximum absolute atomic E-state index is 12.5. The fraction of sp³-hybridized carbons (Fsp3) is 0.176. The van der Waals surface area contributed by atoms with Crippen LogP contribution in [0.5, 0.6) is 5.75 Å². The number of alkyl halides is 3. The summed E-state index contributed by atoms with van der Waals surface area (Å²) in [6.45, 7) is 0. The van der Waals surface area contributed by atoms with E-state index in [9.17, 15) is 18.0 Å².